The van der Waals surface area contributed by atoms with Crippen molar-refractivity contribution < 1.29 is 0 Å². The Balaban J connectivity index is 1.72. The number of nitrogens with zero attached hydrogens (tertiary/aromatic N) is 3. The van der Waals surface area contributed by atoms with E-state index < -0.39 is 0 Å². The summed E-state index contributed by atoms with van der Waals surface area (Å²) in [5, 5.41) is 10.5. The second-order valence-corrected chi connectivity index (χ2v) is 5.62. The molecule has 0 spiro atoms. The smallest absolute Gasteiger partial charge is 0.0916 e. The molecule has 0 aliphatic heterocycles. The highest BCUT2D eigenvalue weighted by Crippen LogP contribution is 2.25. The standard InChI is InChI=1S/C19H12N4/c1-2-4-13-7-14(6-5-12(13)3-1)19-11-20-17-8-15-10-21-23-16(15)9-18(17)22-19/h1-11H,(H,21,23). The Bertz CT molecular complexity index is 1170. The molecule has 0 atom stereocenters. The molecule has 2 heterocycles. The van der Waals surface area contributed by atoms with Gasteiger partial charge in [-0.3, -0.25) is 10.1 Å². The SMILES string of the molecule is c1ccc2cc(-c3cnc4cc5cn[nH]c5cc4n3)ccc2c1. The molecule has 4 heteroatoms. The molecule has 0 saturated heterocycles. The van der Waals surface area contributed by atoms with Gasteiger partial charge in [0.1, 0.15) is 0 Å². The van der Waals surface area contributed by atoms with E-state index in [4.69, 9.17) is 4.98 Å². The van der Waals surface area contributed by atoms with Crippen molar-refractivity contribution in [2.24, 2.45) is 0 Å². The molecule has 0 aliphatic carbocycles. The first kappa shape index (κ1) is 12.3. The van der Waals surface area contributed by atoms with Gasteiger partial charge in [-0.15, -0.1) is 0 Å². The van der Waals surface area contributed by atoms with Gasteiger partial charge < -0.3 is 0 Å². The molecule has 0 unspecified atom stereocenters. The average Bonchev–Trinajstić information content (AvgIpc) is 3.06. The van der Waals surface area contributed by atoms with Gasteiger partial charge in [0.2, 0.25) is 0 Å². The van der Waals surface area contributed by atoms with Gasteiger partial charge in [-0.2, -0.15) is 5.10 Å². The van der Waals surface area contributed by atoms with Crippen LogP contribution in [0.3, 0.4) is 0 Å². The highest BCUT2D eigenvalue weighted by Gasteiger charge is 2.06. The molecule has 2 aromatic heterocycles. The lowest BCUT2D eigenvalue weighted by Crippen LogP contribution is -1.89. The number of hydrogen-bond donors (Lipinski definition) is 1. The summed E-state index contributed by atoms with van der Waals surface area (Å²) in [6, 6.07) is 18.7. The minimum Gasteiger partial charge on any atom is -0.278 e. The fourth-order valence-electron chi connectivity index (χ4n) is 2.94. The summed E-state index contributed by atoms with van der Waals surface area (Å²) < 4.78 is 0. The van der Waals surface area contributed by atoms with Crippen molar-refractivity contribution in [1.82, 2.24) is 20.2 Å². The topological polar surface area (TPSA) is 54.5 Å². The number of aromatic amines is 1. The molecule has 0 radical (unpaired) electrons. The summed E-state index contributed by atoms with van der Waals surface area (Å²) in [6.45, 7) is 0. The predicted molar refractivity (Wildman–Crippen MR) is 92.1 cm³/mol. The molecule has 0 saturated carbocycles. The Hall–Kier alpha value is -3.27. The van der Waals surface area contributed by atoms with E-state index in [-0.39, 0.29) is 0 Å². The number of fused-ring (bicyclic) bond motifs is 3. The first-order valence-electron chi connectivity index (χ1n) is 7.46. The van der Waals surface area contributed by atoms with Crippen molar-refractivity contribution >= 4 is 32.7 Å². The number of aromatic nitrogens is 4. The second-order valence-electron chi connectivity index (χ2n) is 5.62. The average molecular weight is 296 g/mol. The Morgan fingerprint density at radius 2 is 1.65 bits per heavy atom. The van der Waals surface area contributed by atoms with E-state index in [1.165, 1.54) is 10.8 Å². The van der Waals surface area contributed by atoms with Crippen LogP contribution in [-0.4, -0.2) is 20.2 Å². The lowest BCUT2D eigenvalue weighted by atomic mass is 10.1. The molecule has 23 heavy (non-hydrogen) atoms. The van der Waals surface area contributed by atoms with Crippen LogP contribution >= 0.6 is 0 Å². The van der Waals surface area contributed by atoms with E-state index in [1.807, 2.05) is 30.5 Å². The van der Waals surface area contributed by atoms with Crippen LogP contribution in [0.25, 0.3) is 44.0 Å². The third-order valence-corrected chi connectivity index (χ3v) is 4.15. The number of hydrogen-bond acceptors (Lipinski definition) is 3. The van der Waals surface area contributed by atoms with Crippen LogP contribution in [0, 0.1) is 0 Å². The van der Waals surface area contributed by atoms with Crippen molar-refractivity contribution in [2.75, 3.05) is 0 Å². The summed E-state index contributed by atoms with van der Waals surface area (Å²) in [7, 11) is 0. The predicted octanol–water partition coefficient (Wildman–Crippen LogP) is 4.33. The Morgan fingerprint density at radius 3 is 2.61 bits per heavy atom. The zero-order chi connectivity index (χ0) is 15.2. The van der Waals surface area contributed by atoms with Crippen molar-refractivity contribution in [1.29, 1.82) is 0 Å². The molecule has 5 aromatic rings. The van der Waals surface area contributed by atoms with E-state index in [0.717, 1.165) is 33.2 Å². The maximum atomic E-state index is 4.77. The summed E-state index contributed by atoms with van der Waals surface area (Å²) in [6.07, 6.45) is 3.63. The minimum atomic E-state index is 0.868. The lowest BCUT2D eigenvalue weighted by molar-refractivity contribution is 1.12. The van der Waals surface area contributed by atoms with Crippen LogP contribution in [0.15, 0.2) is 67.0 Å². The van der Waals surface area contributed by atoms with Gasteiger partial charge in [-0.1, -0.05) is 36.4 Å². The summed E-state index contributed by atoms with van der Waals surface area (Å²) in [5.41, 5.74) is 4.67. The summed E-state index contributed by atoms with van der Waals surface area (Å²) in [5.74, 6) is 0. The first-order chi connectivity index (χ1) is 11.4. The summed E-state index contributed by atoms with van der Waals surface area (Å²) >= 11 is 0. The van der Waals surface area contributed by atoms with Crippen LogP contribution in [0.5, 0.6) is 0 Å². The van der Waals surface area contributed by atoms with E-state index in [2.05, 4.69) is 45.5 Å². The van der Waals surface area contributed by atoms with E-state index in [9.17, 15) is 0 Å². The minimum absolute atomic E-state index is 0.868. The van der Waals surface area contributed by atoms with Crippen molar-refractivity contribution in [3.8, 4) is 11.3 Å². The lowest BCUT2D eigenvalue weighted by Gasteiger charge is -2.05. The molecule has 0 amide bonds. The maximum Gasteiger partial charge on any atom is 0.0916 e. The van der Waals surface area contributed by atoms with Gasteiger partial charge in [-0.25, -0.2) is 4.98 Å². The van der Waals surface area contributed by atoms with Gasteiger partial charge in [0.05, 0.1) is 34.6 Å². The molecule has 0 fully saturated rings. The first-order valence-corrected chi connectivity index (χ1v) is 7.46. The zero-order valence-electron chi connectivity index (χ0n) is 12.2. The fraction of sp³-hybridized carbons (Fsp3) is 0. The highest BCUT2D eigenvalue weighted by atomic mass is 15.1. The molecule has 1 N–H and O–H groups in total. The molecule has 0 bridgehead atoms. The largest absolute Gasteiger partial charge is 0.278 e. The van der Waals surface area contributed by atoms with Crippen LogP contribution in [-0.2, 0) is 0 Å². The number of nitrogens with one attached hydrogen (secondary N) is 1. The Labute approximate surface area is 131 Å². The molecular weight excluding hydrogens is 284 g/mol. The van der Waals surface area contributed by atoms with Crippen molar-refractivity contribution in [3.05, 3.63) is 67.0 Å². The van der Waals surface area contributed by atoms with E-state index >= 15 is 0 Å². The molecule has 4 nitrogen and oxygen atoms in total. The quantitative estimate of drug-likeness (QED) is 0.501. The van der Waals surface area contributed by atoms with Gasteiger partial charge in [0.25, 0.3) is 0 Å². The van der Waals surface area contributed by atoms with E-state index in [1.54, 1.807) is 6.20 Å². The van der Waals surface area contributed by atoms with Crippen molar-refractivity contribution in [2.45, 2.75) is 0 Å². The fourth-order valence-corrected chi connectivity index (χ4v) is 2.94. The van der Waals surface area contributed by atoms with Crippen LogP contribution in [0.4, 0.5) is 0 Å². The van der Waals surface area contributed by atoms with Crippen LogP contribution in [0.1, 0.15) is 0 Å². The molecule has 3 aromatic carbocycles. The Kier molecular flexibility index (Phi) is 2.46. The van der Waals surface area contributed by atoms with E-state index in [0.29, 0.717) is 0 Å². The van der Waals surface area contributed by atoms with Gasteiger partial charge in [0, 0.05) is 10.9 Å². The highest BCUT2D eigenvalue weighted by molar-refractivity contribution is 5.93. The molecule has 5 rings (SSSR count). The number of benzene rings is 3. The number of H-pyrrole nitrogens is 1. The molecule has 0 aliphatic rings. The normalized spacial score (nSPS) is 11.5. The number of rotatable bonds is 1. The summed E-state index contributed by atoms with van der Waals surface area (Å²) in [4.78, 5) is 9.33. The maximum absolute atomic E-state index is 4.77. The Morgan fingerprint density at radius 1 is 0.739 bits per heavy atom. The van der Waals surface area contributed by atoms with Gasteiger partial charge >= 0.3 is 0 Å². The van der Waals surface area contributed by atoms with Crippen molar-refractivity contribution in [3.63, 3.8) is 0 Å². The molecular formula is C19H12N4. The van der Waals surface area contributed by atoms with Gasteiger partial charge in [-0.05, 0) is 29.0 Å². The third-order valence-electron chi connectivity index (χ3n) is 4.15. The zero-order valence-corrected chi connectivity index (χ0v) is 12.2. The molecule has 108 valence electrons. The third kappa shape index (κ3) is 1.96. The van der Waals surface area contributed by atoms with Crippen LogP contribution < -0.4 is 0 Å². The van der Waals surface area contributed by atoms with Gasteiger partial charge in [0.15, 0.2) is 0 Å². The van der Waals surface area contributed by atoms with Crippen LogP contribution in [0.2, 0.25) is 0 Å². The monoisotopic (exact) mass is 296 g/mol. The second kappa shape index (κ2) is 4.61.